The van der Waals surface area contributed by atoms with Crippen molar-refractivity contribution < 1.29 is 19.1 Å². The zero-order valence-corrected chi connectivity index (χ0v) is 22.5. The lowest BCUT2D eigenvalue weighted by Gasteiger charge is -2.42. The Morgan fingerprint density at radius 2 is 1.95 bits per heavy atom. The summed E-state index contributed by atoms with van der Waals surface area (Å²) in [6.07, 6.45) is 6.08. The summed E-state index contributed by atoms with van der Waals surface area (Å²) in [4.78, 5) is 36.9. The van der Waals surface area contributed by atoms with E-state index >= 15 is 0 Å². The lowest BCUT2D eigenvalue weighted by Crippen LogP contribution is -2.52. The third-order valence-corrected chi connectivity index (χ3v) is 8.80. The number of aromatic nitrogens is 2. The van der Waals surface area contributed by atoms with E-state index in [1.807, 2.05) is 24.3 Å². The van der Waals surface area contributed by atoms with Crippen LogP contribution in [0.2, 0.25) is 0 Å². The van der Waals surface area contributed by atoms with Gasteiger partial charge in [0, 0.05) is 48.7 Å². The number of hydrogen-bond acceptors (Lipinski definition) is 7. The van der Waals surface area contributed by atoms with Crippen LogP contribution in [0.15, 0.2) is 48.7 Å². The molecule has 4 heterocycles. The molecule has 1 N–H and O–H groups in total. The minimum Gasteiger partial charge on any atom is -0.465 e. The summed E-state index contributed by atoms with van der Waals surface area (Å²) < 4.78 is 12.4. The van der Waals surface area contributed by atoms with Crippen molar-refractivity contribution in [2.75, 3.05) is 13.2 Å². The van der Waals surface area contributed by atoms with Crippen molar-refractivity contribution in [2.45, 2.75) is 64.2 Å². The second-order valence-electron chi connectivity index (χ2n) is 10.2. The number of para-hydroxylation sites is 1. The van der Waals surface area contributed by atoms with Gasteiger partial charge >= 0.3 is 5.97 Å². The number of benzene rings is 2. The number of thiazole rings is 1. The van der Waals surface area contributed by atoms with Crippen LogP contribution in [0.5, 0.6) is 10.9 Å². The lowest BCUT2D eigenvalue weighted by atomic mass is 9.95. The van der Waals surface area contributed by atoms with Gasteiger partial charge in [-0.25, -0.2) is 4.98 Å². The Kier molecular flexibility index (Phi) is 6.80. The van der Waals surface area contributed by atoms with E-state index in [-0.39, 0.29) is 24.5 Å². The van der Waals surface area contributed by atoms with Crippen molar-refractivity contribution in [3.8, 4) is 10.9 Å². The van der Waals surface area contributed by atoms with Crippen molar-refractivity contribution in [2.24, 2.45) is 0 Å². The summed E-state index contributed by atoms with van der Waals surface area (Å²) in [5, 5.41) is 1.79. The van der Waals surface area contributed by atoms with Crippen LogP contribution in [0, 0.1) is 0 Å². The third-order valence-electron chi connectivity index (χ3n) is 7.88. The van der Waals surface area contributed by atoms with Gasteiger partial charge < -0.3 is 19.4 Å². The molecule has 0 radical (unpaired) electrons. The molecule has 0 aliphatic carbocycles. The van der Waals surface area contributed by atoms with Gasteiger partial charge in [-0.05, 0) is 68.5 Å². The van der Waals surface area contributed by atoms with Gasteiger partial charge in [0.25, 0.3) is 5.19 Å². The maximum atomic E-state index is 12.4. The Morgan fingerprint density at radius 3 is 2.68 bits per heavy atom. The van der Waals surface area contributed by atoms with Crippen molar-refractivity contribution in [3.05, 3.63) is 54.2 Å². The van der Waals surface area contributed by atoms with Gasteiger partial charge in [0.05, 0.1) is 16.8 Å². The molecule has 2 saturated heterocycles. The van der Waals surface area contributed by atoms with Crippen LogP contribution < -0.4 is 4.74 Å². The summed E-state index contributed by atoms with van der Waals surface area (Å²) in [5.41, 5.74) is 3.26. The summed E-state index contributed by atoms with van der Waals surface area (Å²) in [6, 6.07) is 15.0. The van der Waals surface area contributed by atoms with Crippen LogP contribution in [0.4, 0.5) is 0 Å². The van der Waals surface area contributed by atoms with Crippen LogP contribution in [-0.2, 0) is 20.9 Å². The van der Waals surface area contributed by atoms with Gasteiger partial charge in [0.2, 0.25) is 5.91 Å². The number of H-pyrrole nitrogens is 1. The Morgan fingerprint density at radius 1 is 1.16 bits per heavy atom. The average Bonchev–Trinajstić information content (AvgIpc) is 3.55. The number of rotatable bonds is 8. The number of carbonyl (C=O) groups is 2. The van der Waals surface area contributed by atoms with Crippen LogP contribution in [-0.4, -0.2) is 62.9 Å². The molecule has 2 unspecified atom stereocenters. The SMILES string of the molecule is CCOC(=O)CN(C(C)=O)C1CC2CCC(C1)N2Cc1c[nH]c2ccc(Oc3nc4ccccc4s3)cc12. The molecule has 2 aromatic carbocycles. The molecule has 2 atom stereocenters. The molecule has 9 heteroatoms. The smallest absolute Gasteiger partial charge is 0.325 e. The summed E-state index contributed by atoms with van der Waals surface area (Å²) >= 11 is 1.55. The second-order valence-corrected chi connectivity index (χ2v) is 11.2. The Labute approximate surface area is 225 Å². The molecule has 38 heavy (non-hydrogen) atoms. The van der Waals surface area contributed by atoms with Gasteiger partial charge in [-0.2, -0.15) is 0 Å². The molecule has 2 aliphatic heterocycles. The van der Waals surface area contributed by atoms with Crippen LogP contribution in [0.25, 0.3) is 21.1 Å². The number of hydrogen-bond donors (Lipinski definition) is 1. The molecule has 0 saturated carbocycles. The van der Waals surface area contributed by atoms with E-state index in [1.165, 1.54) is 5.56 Å². The average molecular weight is 533 g/mol. The van der Waals surface area contributed by atoms with Crippen molar-refractivity contribution >= 4 is 44.3 Å². The zero-order chi connectivity index (χ0) is 26.2. The Balaban J connectivity index is 1.17. The first kappa shape index (κ1) is 24.9. The molecular formula is C29H32N4O4S. The molecule has 0 spiro atoms. The standard InChI is InChI=1S/C29H32N4O4S/c1-3-36-28(35)17-32(18(2)34)22-12-20-8-9-21(13-22)33(20)16-19-15-30-25-11-10-23(14-24(19)25)37-29-31-26-6-4-5-7-27(26)38-29/h4-7,10-11,14-15,20-22,30H,3,8-9,12-13,16-17H2,1-2H3. The quantitative estimate of drug-likeness (QED) is 0.303. The first-order valence-electron chi connectivity index (χ1n) is 13.3. The topological polar surface area (TPSA) is 87.8 Å². The molecule has 6 rings (SSSR count). The summed E-state index contributed by atoms with van der Waals surface area (Å²) in [5.74, 6) is 0.378. The second kappa shape index (κ2) is 10.4. The summed E-state index contributed by atoms with van der Waals surface area (Å²) in [7, 11) is 0. The minimum atomic E-state index is -0.333. The van der Waals surface area contributed by atoms with Gasteiger partial charge in [0.1, 0.15) is 12.3 Å². The highest BCUT2D eigenvalue weighted by Gasteiger charge is 2.43. The van der Waals surface area contributed by atoms with Gasteiger partial charge in [0.15, 0.2) is 0 Å². The fraction of sp³-hybridized carbons (Fsp3) is 0.414. The van der Waals surface area contributed by atoms with E-state index in [1.54, 1.807) is 30.1 Å². The van der Waals surface area contributed by atoms with E-state index in [2.05, 4.69) is 39.3 Å². The normalized spacial score (nSPS) is 21.2. The fourth-order valence-corrected chi connectivity index (χ4v) is 6.98. The maximum Gasteiger partial charge on any atom is 0.325 e. The number of carbonyl (C=O) groups excluding carboxylic acids is 2. The lowest BCUT2D eigenvalue weighted by molar-refractivity contribution is -0.150. The van der Waals surface area contributed by atoms with Gasteiger partial charge in [-0.15, -0.1) is 0 Å². The number of amides is 1. The number of nitrogens with zero attached hydrogens (tertiary/aromatic N) is 3. The van der Waals surface area contributed by atoms with Gasteiger partial charge in [-0.1, -0.05) is 23.5 Å². The molecule has 198 valence electrons. The first-order chi connectivity index (χ1) is 18.5. The van der Waals surface area contributed by atoms with E-state index in [0.717, 1.165) is 59.1 Å². The molecule has 2 bridgehead atoms. The third kappa shape index (κ3) is 4.88. The maximum absolute atomic E-state index is 12.4. The highest BCUT2D eigenvalue weighted by molar-refractivity contribution is 7.20. The van der Waals surface area contributed by atoms with Crippen molar-refractivity contribution in [1.29, 1.82) is 0 Å². The van der Waals surface area contributed by atoms with E-state index in [4.69, 9.17) is 9.47 Å². The first-order valence-corrected chi connectivity index (χ1v) is 14.1. The van der Waals surface area contributed by atoms with Crippen LogP contribution in [0.1, 0.15) is 45.1 Å². The predicted octanol–water partition coefficient (Wildman–Crippen LogP) is 5.48. The molecular weight excluding hydrogens is 500 g/mol. The summed E-state index contributed by atoms with van der Waals surface area (Å²) in [6.45, 7) is 4.53. The fourth-order valence-electron chi connectivity index (χ4n) is 6.15. The number of piperidine rings is 1. The molecule has 1 amide bonds. The van der Waals surface area contributed by atoms with Crippen LogP contribution in [0.3, 0.4) is 0 Å². The van der Waals surface area contributed by atoms with E-state index in [9.17, 15) is 9.59 Å². The predicted molar refractivity (Wildman–Crippen MR) is 147 cm³/mol. The monoisotopic (exact) mass is 532 g/mol. The number of nitrogens with one attached hydrogen (secondary N) is 1. The van der Waals surface area contributed by atoms with Crippen LogP contribution >= 0.6 is 11.3 Å². The Bertz CT molecular complexity index is 1430. The van der Waals surface area contributed by atoms with E-state index in [0.29, 0.717) is 23.9 Å². The highest BCUT2D eigenvalue weighted by Crippen LogP contribution is 2.40. The number of esters is 1. The number of ether oxygens (including phenoxy) is 2. The molecule has 2 aliphatic rings. The number of fused-ring (bicyclic) bond motifs is 4. The molecule has 2 fully saturated rings. The number of aromatic amines is 1. The van der Waals surface area contributed by atoms with Crippen molar-refractivity contribution in [1.82, 2.24) is 19.8 Å². The van der Waals surface area contributed by atoms with E-state index < -0.39 is 0 Å². The minimum absolute atomic E-state index is 0.0349. The molecule has 4 aromatic rings. The zero-order valence-electron chi connectivity index (χ0n) is 21.7. The Hall–Kier alpha value is -3.43. The van der Waals surface area contributed by atoms with Gasteiger partial charge in [-0.3, -0.25) is 14.5 Å². The van der Waals surface area contributed by atoms with Crippen molar-refractivity contribution in [3.63, 3.8) is 0 Å². The molecule has 2 aromatic heterocycles. The highest BCUT2D eigenvalue weighted by atomic mass is 32.1. The largest absolute Gasteiger partial charge is 0.465 e. The molecule has 8 nitrogen and oxygen atoms in total.